The van der Waals surface area contributed by atoms with Gasteiger partial charge in [0, 0.05) is 13.6 Å². The molecule has 2 N–H and O–H groups in total. The van der Waals surface area contributed by atoms with Crippen molar-refractivity contribution in [2.45, 2.75) is 44.7 Å². The van der Waals surface area contributed by atoms with Crippen LogP contribution in [0.5, 0.6) is 0 Å². The summed E-state index contributed by atoms with van der Waals surface area (Å²) in [6.07, 6.45) is 2.17. The Balaban J connectivity index is 2.01. The summed E-state index contributed by atoms with van der Waals surface area (Å²) in [6, 6.07) is 7.73. The summed E-state index contributed by atoms with van der Waals surface area (Å²) < 4.78 is 5.11. The highest BCUT2D eigenvalue weighted by Crippen LogP contribution is 2.18. The Morgan fingerprint density at radius 2 is 2.04 bits per heavy atom. The number of benzene rings is 1. The Morgan fingerprint density at radius 3 is 2.67 bits per heavy atom. The quantitative estimate of drug-likeness (QED) is 0.528. The van der Waals surface area contributed by atoms with Crippen LogP contribution in [0.1, 0.15) is 31.7 Å². The molecule has 0 bridgehead atoms. The number of likely N-dealkylation sites (tertiary alicyclic amines) is 1. The SMILES string of the molecule is CCOC(=O)C(CCc1ccccc1)NN(C)C(=O)N1CCCC1C(=O)O. The number of nitrogens with zero attached hydrogens (tertiary/aromatic N) is 2. The number of carbonyl (C=O) groups excluding carboxylic acids is 2. The summed E-state index contributed by atoms with van der Waals surface area (Å²) in [4.78, 5) is 37.5. The Kier molecular flexibility index (Phi) is 7.60. The number of rotatable bonds is 8. The van der Waals surface area contributed by atoms with E-state index in [2.05, 4.69) is 5.43 Å². The molecule has 0 radical (unpaired) electrons. The zero-order valence-electron chi connectivity index (χ0n) is 15.8. The molecule has 1 aromatic carbocycles. The van der Waals surface area contributed by atoms with Crippen LogP contribution in [-0.4, -0.2) is 65.3 Å². The van der Waals surface area contributed by atoms with Gasteiger partial charge in [-0.2, -0.15) is 0 Å². The summed E-state index contributed by atoms with van der Waals surface area (Å²) in [7, 11) is 1.49. The maximum absolute atomic E-state index is 12.6. The van der Waals surface area contributed by atoms with Crippen molar-refractivity contribution in [3.05, 3.63) is 35.9 Å². The number of hydrogen-bond donors (Lipinski definition) is 2. The summed E-state index contributed by atoms with van der Waals surface area (Å²) in [6.45, 7) is 2.35. The van der Waals surface area contributed by atoms with E-state index in [1.165, 1.54) is 17.0 Å². The molecular weight excluding hydrogens is 350 g/mol. The second-order valence-corrected chi connectivity index (χ2v) is 6.49. The van der Waals surface area contributed by atoms with Gasteiger partial charge in [-0.1, -0.05) is 30.3 Å². The van der Waals surface area contributed by atoms with Crippen molar-refractivity contribution in [3.8, 4) is 0 Å². The van der Waals surface area contributed by atoms with Crippen molar-refractivity contribution in [1.82, 2.24) is 15.3 Å². The predicted octanol–water partition coefficient (Wildman–Crippen LogP) is 1.66. The van der Waals surface area contributed by atoms with Crippen molar-refractivity contribution < 1.29 is 24.2 Å². The van der Waals surface area contributed by atoms with E-state index in [9.17, 15) is 19.5 Å². The maximum atomic E-state index is 12.6. The minimum Gasteiger partial charge on any atom is -0.480 e. The molecule has 27 heavy (non-hydrogen) atoms. The minimum atomic E-state index is -1.01. The number of amides is 2. The molecular formula is C19H27N3O5. The van der Waals surface area contributed by atoms with E-state index in [0.717, 1.165) is 5.56 Å². The Morgan fingerprint density at radius 1 is 1.33 bits per heavy atom. The van der Waals surface area contributed by atoms with Crippen LogP contribution in [-0.2, 0) is 20.7 Å². The molecule has 2 rings (SSSR count). The first-order valence-corrected chi connectivity index (χ1v) is 9.18. The van der Waals surface area contributed by atoms with Crippen molar-refractivity contribution in [1.29, 1.82) is 0 Å². The van der Waals surface area contributed by atoms with Crippen LogP contribution >= 0.6 is 0 Å². The van der Waals surface area contributed by atoms with Crippen molar-refractivity contribution in [2.24, 2.45) is 0 Å². The molecule has 0 aliphatic carbocycles. The number of nitrogens with one attached hydrogen (secondary N) is 1. The van der Waals surface area contributed by atoms with Crippen LogP contribution < -0.4 is 5.43 Å². The van der Waals surface area contributed by atoms with Crippen molar-refractivity contribution in [2.75, 3.05) is 20.2 Å². The third-order valence-corrected chi connectivity index (χ3v) is 4.56. The average Bonchev–Trinajstić information content (AvgIpc) is 3.15. The lowest BCUT2D eigenvalue weighted by molar-refractivity contribution is -0.147. The van der Waals surface area contributed by atoms with E-state index in [1.807, 2.05) is 30.3 Å². The van der Waals surface area contributed by atoms with Gasteiger partial charge in [0.2, 0.25) is 0 Å². The molecule has 1 fully saturated rings. The first-order chi connectivity index (χ1) is 12.9. The molecule has 1 saturated heterocycles. The van der Waals surface area contributed by atoms with E-state index < -0.39 is 30.1 Å². The zero-order valence-corrected chi connectivity index (χ0v) is 15.8. The highest BCUT2D eigenvalue weighted by Gasteiger charge is 2.36. The molecule has 0 aromatic heterocycles. The number of urea groups is 1. The number of esters is 1. The monoisotopic (exact) mass is 377 g/mol. The largest absolute Gasteiger partial charge is 0.480 e. The van der Waals surface area contributed by atoms with Gasteiger partial charge >= 0.3 is 18.0 Å². The van der Waals surface area contributed by atoms with Gasteiger partial charge in [0.15, 0.2) is 0 Å². The number of carboxylic acid groups (broad SMARTS) is 1. The molecule has 1 aliphatic heterocycles. The molecule has 8 nitrogen and oxygen atoms in total. The number of carboxylic acids is 1. The Bertz CT molecular complexity index is 652. The Hall–Kier alpha value is -2.61. The van der Waals surface area contributed by atoms with Crippen LogP contribution in [0.2, 0.25) is 0 Å². The predicted molar refractivity (Wildman–Crippen MR) is 98.8 cm³/mol. The lowest BCUT2D eigenvalue weighted by Gasteiger charge is -2.30. The Labute approximate surface area is 159 Å². The summed E-state index contributed by atoms with van der Waals surface area (Å²) in [5.74, 6) is -1.45. The van der Waals surface area contributed by atoms with Crippen LogP contribution in [0.25, 0.3) is 0 Å². The number of hydrazine groups is 1. The van der Waals surface area contributed by atoms with Crippen molar-refractivity contribution >= 4 is 18.0 Å². The molecule has 1 aromatic rings. The normalized spacial score (nSPS) is 17.4. The number of aryl methyl sites for hydroxylation is 1. The van der Waals surface area contributed by atoms with Crippen molar-refractivity contribution in [3.63, 3.8) is 0 Å². The molecule has 0 spiro atoms. The van der Waals surface area contributed by atoms with Crippen LogP contribution in [0.15, 0.2) is 30.3 Å². The molecule has 2 amide bonds. The van der Waals surface area contributed by atoms with E-state index in [4.69, 9.17) is 4.74 Å². The van der Waals surface area contributed by atoms with E-state index in [1.54, 1.807) is 6.92 Å². The molecule has 2 unspecified atom stereocenters. The standard InChI is InChI=1S/C19H27N3O5/c1-3-27-18(25)15(12-11-14-8-5-4-6-9-14)20-21(2)19(26)22-13-7-10-16(22)17(23)24/h4-6,8-9,15-16,20H,3,7,10-13H2,1-2H3,(H,23,24). The van der Waals surface area contributed by atoms with Gasteiger partial charge in [0.1, 0.15) is 12.1 Å². The molecule has 148 valence electrons. The first kappa shape index (κ1) is 20.7. The second kappa shape index (κ2) is 9.91. The van der Waals surface area contributed by atoms with Crippen LogP contribution in [0.4, 0.5) is 4.79 Å². The molecule has 1 aliphatic rings. The summed E-state index contributed by atoms with van der Waals surface area (Å²) >= 11 is 0. The van der Waals surface area contributed by atoms with Gasteiger partial charge in [0.05, 0.1) is 6.61 Å². The average molecular weight is 377 g/mol. The van der Waals surface area contributed by atoms with Gasteiger partial charge < -0.3 is 14.7 Å². The fourth-order valence-electron chi connectivity index (χ4n) is 3.17. The highest BCUT2D eigenvalue weighted by atomic mass is 16.5. The van der Waals surface area contributed by atoms with E-state index in [-0.39, 0.29) is 6.61 Å². The van der Waals surface area contributed by atoms with Gasteiger partial charge in [-0.05, 0) is 38.2 Å². The zero-order chi connectivity index (χ0) is 19.8. The molecule has 8 heteroatoms. The highest BCUT2D eigenvalue weighted by molar-refractivity contribution is 5.83. The van der Waals surface area contributed by atoms with Gasteiger partial charge in [0.25, 0.3) is 0 Å². The number of hydrogen-bond acceptors (Lipinski definition) is 5. The van der Waals surface area contributed by atoms with Crippen LogP contribution in [0.3, 0.4) is 0 Å². The second-order valence-electron chi connectivity index (χ2n) is 6.49. The van der Waals surface area contributed by atoms with Crippen LogP contribution in [0, 0.1) is 0 Å². The maximum Gasteiger partial charge on any atom is 0.334 e. The topological polar surface area (TPSA) is 99.2 Å². The molecule has 0 saturated carbocycles. The van der Waals surface area contributed by atoms with E-state index >= 15 is 0 Å². The van der Waals surface area contributed by atoms with Gasteiger partial charge in [-0.25, -0.2) is 15.0 Å². The number of ether oxygens (including phenoxy) is 1. The minimum absolute atomic E-state index is 0.243. The third-order valence-electron chi connectivity index (χ3n) is 4.56. The van der Waals surface area contributed by atoms with Gasteiger partial charge in [-0.15, -0.1) is 0 Å². The summed E-state index contributed by atoms with van der Waals surface area (Å²) in [5, 5.41) is 10.4. The first-order valence-electron chi connectivity index (χ1n) is 9.18. The lowest BCUT2D eigenvalue weighted by Crippen LogP contribution is -2.55. The molecule has 1 heterocycles. The lowest BCUT2D eigenvalue weighted by atomic mass is 10.1. The van der Waals surface area contributed by atoms with Gasteiger partial charge in [-0.3, -0.25) is 9.80 Å². The fourth-order valence-corrected chi connectivity index (χ4v) is 3.17. The number of aliphatic carboxylic acids is 1. The molecule has 2 atom stereocenters. The van der Waals surface area contributed by atoms with E-state index in [0.29, 0.717) is 32.2 Å². The number of carbonyl (C=O) groups is 3. The smallest absolute Gasteiger partial charge is 0.334 e. The fraction of sp³-hybridized carbons (Fsp3) is 0.526. The third kappa shape index (κ3) is 5.68. The summed E-state index contributed by atoms with van der Waals surface area (Å²) in [5.41, 5.74) is 3.96.